The fraction of sp³-hybridized carbons (Fsp3) is 0.286. The van der Waals surface area contributed by atoms with Crippen LogP contribution >= 0.6 is 23.8 Å². The summed E-state index contributed by atoms with van der Waals surface area (Å²) in [5, 5.41) is 3.23. The first kappa shape index (κ1) is 18.9. The van der Waals surface area contributed by atoms with Crippen molar-refractivity contribution in [1.82, 2.24) is 9.88 Å². The van der Waals surface area contributed by atoms with E-state index in [9.17, 15) is 9.59 Å². The molecule has 1 aliphatic heterocycles. The summed E-state index contributed by atoms with van der Waals surface area (Å²) in [6.45, 7) is 0. The second-order valence-corrected chi connectivity index (χ2v) is 7.94. The summed E-state index contributed by atoms with van der Waals surface area (Å²) in [4.78, 5) is 26.7. The number of benzene rings is 1. The van der Waals surface area contributed by atoms with E-state index in [1.165, 1.54) is 37.0 Å². The highest BCUT2D eigenvalue weighted by atomic mass is 35.5. The zero-order valence-electron chi connectivity index (χ0n) is 15.2. The Hall–Kier alpha value is -2.44. The molecule has 28 heavy (non-hydrogen) atoms. The van der Waals surface area contributed by atoms with Gasteiger partial charge in [-0.15, -0.1) is 0 Å². The van der Waals surface area contributed by atoms with Crippen LogP contribution in [0.4, 0.5) is 5.69 Å². The van der Waals surface area contributed by atoms with E-state index in [4.69, 9.17) is 23.8 Å². The van der Waals surface area contributed by atoms with Crippen LogP contribution in [-0.4, -0.2) is 21.5 Å². The van der Waals surface area contributed by atoms with E-state index in [0.717, 1.165) is 5.56 Å². The van der Waals surface area contributed by atoms with Crippen LogP contribution in [0.3, 0.4) is 0 Å². The van der Waals surface area contributed by atoms with Crippen molar-refractivity contribution in [1.29, 1.82) is 0 Å². The molecule has 1 aromatic heterocycles. The Balaban J connectivity index is 1.61. The zero-order chi connectivity index (χ0) is 19.7. The minimum atomic E-state index is -0.481. The van der Waals surface area contributed by atoms with Crippen LogP contribution in [0.1, 0.15) is 43.7 Å². The van der Waals surface area contributed by atoms with E-state index in [1.54, 1.807) is 30.3 Å². The van der Waals surface area contributed by atoms with Gasteiger partial charge in [-0.2, -0.15) is 0 Å². The molecule has 1 saturated heterocycles. The van der Waals surface area contributed by atoms with Crippen molar-refractivity contribution in [3.63, 3.8) is 0 Å². The fourth-order valence-electron chi connectivity index (χ4n) is 3.77. The first-order valence-electron chi connectivity index (χ1n) is 9.37. The third-order valence-corrected chi connectivity index (χ3v) is 5.77. The molecule has 7 heteroatoms. The molecule has 4 rings (SSSR count). The third-order valence-electron chi connectivity index (χ3n) is 5.23. The molecule has 0 atom stereocenters. The number of halogens is 1. The smallest absolute Gasteiger partial charge is 0.270 e. The predicted molar refractivity (Wildman–Crippen MR) is 114 cm³/mol. The van der Waals surface area contributed by atoms with Crippen molar-refractivity contribution < 1.29 is 9.59 Å². The summed E-state index contributed by atoms with van der Waals surface area (Å²) < 4.78 is 2.19. The van der Waals surface area contributed by atoms with Gasteiger partial charge >= 0.3 is 0 Å². The lowest BCUT2D eigenvalue weighted by atomic mass is 9.95. The summed E-state index contributed by atoms with van der Waals surface area (Å²) >= 11 is 11.1. The predicted octanol–water partition coefficient (Wildman–Crippen LogP) is 4.48. The second kappa shape index (κ2) is 7.89. The molecule has 1 aromatic carbocycles. The van der Waals surface area contributed by atoms with E-state index in [0.29, 0.717) is 16.8 Å². The third kappa shape index (κ3) is 3.75. The number of carbonyl (C=O) groups is 2. The minimum absolute atomic E-state index is 0.0601. The molecule has 2 fully saturated rings. The summed E-state index contributed by atoms with van der Waals surface area (Å²) in [5.41, 5.74) is 1.45. The number of hydrogen-bond acceptors (Lipinski definition) is 3. The average molecular weight is 414 g/mol. The van der Waals surface area contributed by atoms with E-state index >= 15 is 0 Å². The Morgan fingerprint density at radius 3 is 2.50 bits per heavy atom. The topological polar surface area (TPSA) is 54.3 Å². The summed E-state index contributed by atoms with van der Waals surface area (Å²) in [5.74, 6) is -0.924. The molecule has 2 heterocycles. The van der Waals surface area contributed by atoms with E-state index in [1.807, 2.05) is 18.5 Å². The van der Waals surface area contributed by atoms with Gasteiger partial charge in [0.2, 0.25) is 0 Å². The van der Waals surface area contributed by atoms with Crippen molar-refractivity contribution in [3.05, 3.63) is 58.9 Å². The molecule has 1 saturated carbocycles. The highest BCUT2D eigenvalue weighted by molar-refractivity contribution is 7.80. The monoisotopic (exact) mass is 413 g/mol. The number of carbonyl (C=O) groups excluding carboxylic acids is 2. The van der Waals surface area contributed by atoms with E-state index < -0.39 is 11.8 Å². The normalized spacial score (nSPS) is 20.0. The van der Waals surface area contributed by atoms with Gasteiger partial charge in [-0.1, -0.05) is 30.9 Å². The molecule has 144 valence electrons. The standard InChI is InChI=1S/C21H20ClN3O2S/c22-15-6-8-17(9-7-15)25-20(27)18(19(26)23-21(25)28)12-14-10-11-24(13-14)16-4-2-1-3-5-16/h6-13,16H,1-5H2,(H,23,26,28)/b18-12-. The molecule has 1 aliphatic carbocycles. The van der Waals surface area contributed by atoms with Crippen LogP contribution in [0.2, 0.25) is 5.02 Å². The molecule has 2 aromatic rings. The SMILES string of the molecule is O=C1NC(=S)N(c2ccc(Cl)cc2)C(=O)/C1=C\c1ccn(C2CCCCC2)c1. The Morgan fingerprint density at radius 1 is 1.07 bits per heavy atom. The largest absolute Gasteiger partial charge is 0.351 e. The van der Waals surface area contributed by atoms with Gasteiger partial charge in [-0.25, -0.2) is 0 Å². The van der Waals surface area contributed by atoms with Gasteiger partial charge in [0.15, 0.2) is 5.11 Å². The van der Waals surface area contributed by atoms with Crippen molar-refractivity contribution in [2.45, 2.75) is 38.1 Å². The summed E-state index contributed by atoms with van der Waals surface area (Å²) in [6, 6.07) is 9.17. The molecule has 0 bridgehead atoms. The zero-order valence-corrected chi connectivity index (χ0v) is 16.8. The Labute approximate surface area is 174 Å². The van der Waals surface area contributed by atoms with Crippen LogP contribution in [-0.2, 0) is 9.59 Å². The van der Waals surface area contributed by atoms with Crippen molar-refractivity contribution in [2.24, 2.45) is 0 Å². The van der Waals surface area contributed by atoms with Gasteiger partial charge in [-0.3, -0.25) is 19.8 Å². The highest BCUT2D eigenvalue weighted by Crippen LogP contribution is 2.29. The lowest BCUT2D eigenvalue weighted by Gasteiger charge is -2.28. The quantitative estimate of drug-likeness (QED) is 0.458. The molecule has 2 amide bonds. The highest BCUT2D eigenvalue weighted by Gasteiger charge is 2.34. The van der Waals surface area contributed by atoms with Crippen molar-refractivity contribution in [2.75, 3.05) is 4.90 Å². The number of nitrogens with one attached hydrogen (secondary N) is 1. The maximum absolute atomic E-state index is 13.0. The first-order valence-corrected chi connectivity index (χ1v) is 10.2. The molecule has 5 nitrogen and oxygen atoms in total. The molecule has 0 radical (unpaired) electrons. The molecular weight excluding hydrogens is 394 g/mol. The van der Waals surface area contributed by atoms with Crippen molar-refractivity contribution in [3.8, 4) is 0 Å². The second-order valence-electron chi connectivity index (χ2n) is 7.12. The number of thiocarbonyl (C=S) groups is 1. The molecule has 0 spiro atoms. The number of anilines is 1. The maximum Gasteiger partial charge on any atom is 0.270 e. The van der Waals surface area contributed by atoms with Crippen LogP contribution in [0.25, 0.3) is 6.08 Å². The van der Waals surface area contributed by atoms with Crippen molar-refractivity contribution >= 4 is 52.5 Å². The fourth-order valence-corrected chi connectivity index (χ4v) is 4.18. The van der Waals surface area contributed by atoms with Gasteiger partial charge in [0.25, 0.3) is 11.8 Å². The summed E-state index contributed by atoms with van der Waals surface area (Å²) in [7, 11) is 0. The van der Waals surface area contributed by atoms with Gasteiger partial charge in [0.1, 0.15) is 5.57 Å². The van der Waals surface area contributed by atoms with E-state index in [-0.39, 0.29) is 10.7 Å². The number of amides is 2. The van der Waals surface area contributed by atoms with Crippen LogP contribution in [0, 0.1) is 0 Å². The van der Waals surface area contributed by atoms with Crippen LogP contribution < -0.4 is 10.2 Å². The van der Waals surface area contributed by atoms with Gasteiger partial charge < -0.3 is 4.57 Å². The van der Waals surface area contributed by atoms with Crippen LogP contribution in [0.15, 0.2) is 48.3 Å². The van der Waals surface area contributed by atoms with Crippen LogP contribution in [0.5, 0.6) is 0 Å². The van der Waals surface area contributed by atoms with Gasteiger partial charge in [-0.05, 0) is 67.0 Å². The van der Waals surface area contributed by atoms with Gasteiger partial charge in [0.05, 0.1) is 5.69 Å². The minimum Gasteiger partial charge on any atom is -0.351 e. The number of nitrogens with zero attached hydrogens (tertiary/aromatic N) is 2. The molecular formula is C21H20ClN3O2S. The Kier molecular flexibility index (Phi) is 5.33. The molecule has 2 aliphatic rings. The Bertz CT molecular complexity index is 958. The Morgan fingerprint density at radius 2 is 1.79 bits per heavy atom. The maximum atomic E-state index is 13.0. The lowest BCUT2D eigenvalue weighted by molar-refractivity contribution is -0.122. The number of hydrogen-bond donors (Lipinski definition) is 1. The average Bonchev–Trinajstić information content (AvgIpc) is 3.16. The van der Waals surface area contributed by atoms with Gasteiger partial charge in [0, 0.05) is 23.5 Å². The summed E-state index contributed by atoms with van der Waals surface area (Å²) in [6.07, 6.45) is 11.8. The van der Waals surface area contributed by atoms with E-state index in [2.05, 4.69) is 9.88 Å². The number of aromatic nitrogens is 1. The first-order chi connectivity index (χ1) is 13.5. The molecule has 1 N–H and O–H groups in total. The molecule has 0 unspecified atom stereocenters. The number of rotatable bonds is 3. The lowest BCUT2D eigenvalue weighted by Crippen LogP contribution is -2.54.